The number of aliphatic hydroxyl groups is 1. The Morgan fingerprint density at radius 1 is 1.15 bits per heavy atom. The second kappa shape index (κ2) is 6.27. The van der Waals surface area contributed by atoms with Gasteiger partial charge in [0.1, 0.15) is 0 Å². The first kappa shape index (κ1) is 14.7. The number of carbonyl (C=O) groups excluding carboxylic acids is 1. The summed E-state index contributed by atoms with van der Waals surface area (Å²) in [6.07, 6.45) is 10.4. The van der Waals surface area contributed by atoms with Crippen LogP contribution in [0.5, 0.6) is 0 Å². The lowest BCUT2D eigenvalue weighted by Crippen LogP contribution is -2.53. The van der Waals surface area contributed by atoms with Crippen LogP contribution in [0.3, 0.4) is 0 Å². The number of rotatable bonds is 2. The summed E-state index contributed by atoms with van der Waals surface area (Å²) in [6, 6.07) is 0.446. The summed E-state index contributed by atoms with van der Waals surface area (Å²) < 4.78 is 0. The second-order valence-corrected chi connectivity index (χ2v) is 8.16. The van der Waals surface area contributed by atoms with E-state index in [1.165, 1.54) is 32.1 Å². The highest BCUT2D eigenvalue weighted by Crippen LogP contribution is 2.37. The van der Waals surface area contributed by atoms with E-state index in [0.717, 1.165) is 38.0 Å². The minimum Gasteiger partial charge on any atom is -0.389 e. The Balaban J connectivity index is 1.63. The third-order valence-corrected chi connectivity index (χ3v) is 6.71. The predicted octanol–water partition coefficient (Wildman–Crippen LogP) is 2.96. The van der Waals surface area contributed by atoms with Gasteiger partial charge in [-0.3, -0.25) is 4.79 Å². The van der Waals surface area contributed by atoms with Gasteiger partial charge >= 0.3 is 0 Å². The number of nitrogens with zero attached hydrogens (tertiary/aromatic N) is 1. The van der Waals surface area contributed by atoms with Crippen molar-refractivity contribution in [3.63, 3.8) is 0 Å². The van der Waals surface area contributed by atoms with Crippen molar-refractivity contribution in [3.8, 4) is 0 Å². The molecular formula is C16H27NO2S. The van der Waals surface area contributed by atoms with E-state index in [1.54, 1.807) is 0 Å². The summed E-state index contributed by atoms with van der Waals surface area (Å²) in [6.45, 7) is 0.890. The number of carbonyl (C=O) groups is 1. The van der Waals surface area contributed by atoms with Crippen LogP contribution in [0.15, 0.2) is 0 Å². The van der Waals surface area contributed by atoms with E-state index in [0.29, 0.717) is 17.7 Å². The molecule has 0 bridgehead atoms. The fourth-order valence-electron chi connectivity index (χ4n) is 4.18. The Labute approximate surface area is 126 Å². The molecule has 20 heavy (non-hydrogen) atoms. The molecule has 114 valence electrons. The van der Waals surface area contributed by atoms with Gasteiger partial charge in [0, 0.05) is 23.6 Å². The standard InChI is InChI=1S/C16H27NO2S/c18-15(12-16(19)8-4-1-5-9-16)17-10-11-20-14-7-3-2-6-13(14)17/h13-14,19H,1-12H2. The van der Waals surface area contributed by atoms with Crippen molar-refractivity contribution in [3.05, 3.63) is 0 Å². The largest absolute Gasteiger partial charge is 0.389 e. The molecule has 0 aromatic carbocycles. The lowest BCUT2D eigenvalue weighted by molar-refractivity contribution is -0.140. The van der Waals surface area contributed by atoms with Gasteiger partial charge in [0.15, 0.2) is 0 Å². The first-order valence-corrected chi connectivity index (χ1v) is 9.36. The van der Waals surface area contributed by atoms with Crippen molar-refractivity contribution in [1.82, 2.24) is 4.90 Å². The molecule has 0 radical (unpaired) electrons. The summed E-state index contributed by atoms with van der Waals surface area (Å²) in [7, 11) is 0. The molecule has 3 nitrogen and oxygen atoms in total. The van der Waals surface area contributed by atoms with E-state index in [9.17, 15) is 9.90 Å². The van der Waals surface area contributed by atoms with Gasteiger partial charge in [0.2, 0.25) is 5.91 Å². The van der Waals surface area contributed by atoms with Gasteiger partial charge in [-0.25, -0.2) is 0 Å². The van der Waals surface area contributed by atoms with E-state index in [2.05, 4.69) is 16.7 Å². The van der Waals surface area contributed by atoms with Gasteiger partial charge in [-0.05, 0) is 25.7 Å². The number of thioether (sulfide) groups is 1. The number of hydrogen-bond donors (Lipinski definition) is 1. The summed E-state index contributed by atoms with van der Waals surface area (Å²) in [5, 5.41) is 11.3. The summed E-state index contributed by atoms with van der Waals surface area (Å²) in [4.78, 5) is 14.8. The third-order valence-electron chi connectivity index (χ3n) is 5.32. The maximum atomic E-state index is 12.7. The molecule has 2 aliphatic carbocycles. The van der Waals surface area contributed by atoms with Crippen molar-refractivity contribution < 1.29 is 9.90 Å². The molecule has 0 aromatic rings. The SMILES string of the molecule is O=C(CC1(O)CCCCC1)N1CCSC2CCCCC21. The molecule has 4 heteroatoms. The normalized spacial score (nSPS) is 33.5. The topological polar surface area (TPSA) is 40.5 Å². The molecule has 2 saturated carbocycles. The van der Waals surface area contributed by atoms with Crippen LogP contribution in [0.2, 0.25) is 0 Å². The Morgan fingerprint density at radius 3 is 2.70 bits per heavy atom. The van der Waals surface area contributed by atoms with E-state index in [1.807, 2.05) is 0 Å². The van der Waals surface area contributed by atoms with Gasteiger partial charge in [-0.2, -0.15) is 11.8 Å². The lowest BCUT2D eigenvalue weighted by atomic mass is 9.82. The van der Waals surface area contributed by atoms with Gasteiger partial charge in [-0.1, -0.05) is 32.1 Å². The van der Waals surface area contributed by atoms with Crippen LogP contribution in [0, 0.1) is 0 Å². The van der Waals surface area contributed by atoms with Crippen LogP contribution < -0.4 is 0 Å². The highest BCUT2D eigenvalue weighted by Gasteiger charge is 2.39. The van der Waals surface area contributed by atoms with Crippen LogP contribution in [-0.4, -0.2) is 45.1 Å². The van der Waals surface area contributed by atoms with Gasteiger partial charge < -0.3 is 10.0 Å². The van der Waals surface area contributed by atoms with Crippen LogP contribution in [0.4, 0.5) is 0 Å². The van der Waals surface area contributed by atoms with Gasteiger partial charge in [0.25, 0.3) is 0 Å². The quantitative estimate of drug-likeness (QED) is 0.852. The molecule has 1 heterocycles. The van der Waals surface area contributed by atoms with Gasteiger partial charge in [-0.15, -0.1) is 0 Å². The monoisotopic (exact) mass is 297 g/mol. The van der Waals surface area contributed by atoms with Crippen molar-refractivity contribution in [1.29, 1.82) is 0 Å². The number of fused-ring (bicyclic) bond motifs is 1. The maximum Gasteiger partial charge on any atom is 0.225 e. The maximum absolute atomic E-state index is 12.7. The number of amides is 1. The first-order valence-electron chi connectivity index (χ1n) is 8.31. The zero-order valence-electron chi connectivity index (χ0n) is 12.4. The first-order chi connectivity index (χ1) is 9.68. The fourth-order valence-corrected chi connectivity index (χ4v) is 5.62. The number of hydrogen-bond acceptors (Lipinski definition) is 3. The zero-order chi connectivity index (χ0) is 14.0. The van der Waals surface area contributed by atoms with Crippen LogP contribution in [0.1, 0.15) is 64.2 Å². The minimum atomic E-state index is -0.704. The Bertz CT molecular complexity index is 352. The van der Waals surface area contributed by atoms with Crippen molar-refractivity contribution in [2.24, 2.45) is 0 Å². The smallest absolute Gasteiger partial charge is 0.225 e. The van der Waals surface area contributed by atoms with E-state index >= 15 is 0 Å². The second-order valence-electron chi connectivity index (χ2n) is 6.81. The highest BCUT2D eigenvalue weighted by molar-refractivity contribution is 8.00. The Hall–Kier alpha value is -0.220. The summed E-state index contributed by atoms with van der Waals surface area (Å²) in [5.74, 6) is 1.29. The van der Waals surface area contributed by atoms with Crippen molar-refractivity contribution >= 4 is 17.7 Å². The van der Waals surface area contributed by atoms with Crippen LogP contribution in [0.25, 0.3) is 0 Å². The molecule has 2 atom stereocenters. The minimum absolute atomic E-state index is 0.214. The fraction of sp³-hybridized carbons (Fsp3) is 0.938. The molecule has 0 aromatic heterocycles. The molecule has 1 amide bonds. The molecule has 3 aliphatic rings. The summed E-state index contributed by atoms with van der Waals surface area (Å²) >= 11 is 2.06. The summed E-state index contributed by atoms with van der Waals surface area (Å²) in [5.41, 5.74) is -0.704. The van der Waals surface area contributed by atoms with E-state index in [4.69, 9.17) is 0 Å². The third kappa shape index (κ3) is 3.16. The molecule has 1 aliphatic heterocycles. The molecule has 2 unspecified atom stereocenters. The van der Waals surface area contributed by atoms with Crippen LogP contribution >= 0.6 is 11.8 Å². The average molecular weight is 297 g/mol. The predicted molar refractivity (Wildman–Crippen MR) is 82.9 cm³/mol. The van der Waals surface area contributed by atoms with Crippen LogP contribution in [-0.2, 0) is 4.79 Å². The van der Waals surface area contributed by atoms with Gasteiger partial charge in [0.05, 0.1) is 12.0 Å². The van der Waals surface area contributed by atoms with Crippen molar-refractivity contribution in [2.45, 2.75) is 81.1 Å². The highest BCUT2D eigenvalue weighted by atomic mass is 32.2. The molecule has 3 fully saturated rings. The van der Waals surface area contributed by atoms with Crippen molar-refractivity contribution in [2.75, 3.05) is 12.3 Å². The Kier molecular flexibility index (Phi) is 4.61. The lowest BCUT2D eigenvalue weighted by Gasteiger charge is -2.45. The average Bonchev–Trinajstić information content (AvgIpc) is 2.47. The zero-order valence-corrected chi connectivity index (χ0v) is 13.2. The van der Waals surface area contributed by atoms with E-state index < -0.39 is 5.60 Å². The Morgan fingerprint density at radius 2 is 1.90 bits per heavy atom. The molecule has 1 N–H and O–H groups in total. The molecule has 3 rings (SSSR count). The molecular weight excluding hydrogens is 270 g/mol. The molecule has 1 saturated heterocycles. The molecule has 0 spiro atoms. The van der Waals surface area contributed by atoms with E-state index in [-0.39, 0.29) is 5.91 Å².